The third-order valence-corrected chi connectivity index (χ3v) is 1.36. The molecule has 0 aliphatic carbocycles. The summed E-state index contributed by atoms with van der Waals surface area (Å²) in [4.78, 5) is 10.9. The molecule has 0 heterocycles. The van der Waals surface area contributed by atoms with Gasteiger partial charge in [-0.1, -0.05) is 0 Å². The van der Waals surface area contributed by atoms with Gasteiger partial charge in [-0.15, -0.1) is 0 Å². The van der Waals surface area contributed by atoms with Gasteiger partial charge in [0.1, 0.15) is 6.04 Å². The Morgan fingerprint density at radius 3 is 2.46 bits per heavy atom. The first kappa shape index (κ1) is 11.9. The topological polar surface area (TPSA) is 62.1 Å². The van der Waals surface area contributed by atoms with Crippen molar-refractivity contribution in [2.24, 2.45) is 0 Å². The standard InChI is InChI=1S/C9H16N2O2/c1-9(2,3)11-7(6-10)5-8(12)13-4/h7,11H,5H2,1-4H3. The molecule has 0 saturated heterocycles. The highest BCUT2D eigenvalue weighted by Gasteiger charge is 2.19. The van der Waals surface area contributed by atoms with E-state index < -0.39 is 6.04 Å². The molecule has 0 saturated carbocycles. The maximum Gasteiger partial charge on any atom is 0.308 e. The van der Waals surface area contributed by atoms with E-state index in [0.717, 1.165) is 0 Å². The van der Waals surface area contributed by atoms with Gasteiger partial charge < -0.3 is 4.74 Å². The van der Waals surface area contributed by atoms with E-state index >= 15 is 0 Å². The second-order valence-electron chi connectivity index (χ2n) is 3.86. The van der Waals surface area contributed by atoms with E-state index in [-0.39, 0.29) is 17.9 Å². The van der Waals surface area contributed by atoms with Crippen molar-refractivity contribution in [1.29, 1.82) is 5.26 Å². The number of nitrogens with zero attached hydrogens (tertiary/aromatic N) is 1. The summed E-state index contributed by atoms with van der Waals surface area (Å²) in [5.74, 6) is -0.372. The number of carbonyl (C=O) groups is 1. The third kappa shape index (κ3) is 6.12. The molecule has 0 spiro atoms. The van der Waals surface area contributed by atoms with Gasteiger partial charge in [-0.25, -0.2) is 0 Å². The van der Waals surface area contributed by atoms with Crippen LogP contribution >= 0.6 is 0 Å². The predicted molar refractivity (Wildman–Crippen MR) is 48.9 cm³/mol. The first-order valence-corrected chi connectivity index (χ1v) is 4.13. The molecule has 1 N–H and O–H groups in total. The van der Waals surface area contributed by atoms with Crippen LogP contribution in [0.1, 0.15) is 27.2 Å². The molecule has 0 rings (SSSR count). The molecular weight excluding hydrogens is 168 g/mol. The Bertz CT molecular complexity index is 213. The molecule has 0 bridgehead atoms. The zero-order chi connectivity index (χ0) is 10.5. The molecule has 74 valence electrons. The van der Waals surface area contributed by atoms with Crippen LogP contribution in [0.4, 0.5) is 0 Å². The molecule has 0 fully saturated rings. The summed E-state index contributed by atoms with van der Waals surface area (Å²) in [5.41, 5.74) is -0.172. The second kappa shape index (κ2) is 4.83. The molecule has 0 radical (unpaired) electrons. The average molecular weight is 184 g/mol. The number of rotatable bonds is 3. The molecule has 1 unspecified atom stereocenters. The smallest absolute Gasteiger partial charge is 0.308 e. The Hall–Kier alpha value is -1.08. The fourth-order valence-corrected chi connectivity index (χ4v) is 0.902. The zero-order valence-corrected chi connectivity index (χ0v) is 8.55. The lowest BCUT2D eigenvalue weighted by Crippen LogP contribution is -2.44. The van der Waals surface area contributed by atoms with E-state index in [1.165, 1.54) is 7.11 Å². The van der Waals surface area contributed by atoms with E-state index in [4.69, 9.17) is 5.26 Å². The van der Waals surface area contributed by atoms with Crippen molar-refractivity contribution in [3.63, 3.8) is 0 Å². The van der Waals surface area contributed by atoms with Crippen LogP contribution in [-0.4, -0.2) is 24.7 Å². The van der Waals surface area contributed by atoms with Crippen molar-refractivity contribution in [3.8, 4) is 6.07 Å². The van der Waals surface area contributed by atoms with Crippen LogP contribution in [-0.2, 0) is 9.53 Å². The van der Waals surface area contributed by atoms with Crippen molar-refractivity contribution in [1.82, 2.24) is 5.32 Å². The van der Waals surface area contributed by atoms with Crippen LogP contribution in [0.25, 0.3) is 0 Å². The lowest BCUT2D eigenvalue weighted by molar-refractivity contribution is -0.140. The summed E-state index contributed by atoms with van der Waals surface area (Å²) in [6.07, 6.45) is 0.0876. The molecule has 4 heteroatoms. The molecule has 0 aromatic heterocycles. The van der Waals surface area contributed by atoms with Gasteiger partial charge in [-0.2, -0.15) is 5.26 Å². The van der Waals surface area contributed by atoms with Crippen molar-refractivity contribution < 1.29 is 9.53 Å². The predicted octanol–water partition coefficient (Wildman–Crippen LogP) is 0.830. The molecule has 4 nitrogen and oxygen atoms in total. The highest BCUT2D eigenvalue weighted by molar-refractivity contribution is 5.70. The Balaban J connectivity index is 4.07. The van der Waals surface area contributed by atoms with Gasteiger partial charge in [0.05, 0.1) is 19.6 Å². The Morgan fingerprint density at radius 1 is 1.62 bits per heavy atom. The summed E-state index contributed by atoms with van der Waals surface area (Å²) >= 11 is 0. The molecule has 13 heavy (non-hydrogen) atoms. The van der Waals surface area contributed by atoms with Gasteiger partial charge in [0.2, 0.25) is 0 Å². The number of carbonyl (C=O) groups excluding carboxylic acids is 1. The molecule has 0 aliphatic rings. The van der Waals surface area contributed by atoms with E-state index in [1.54, 1.807) is 0 Å². The minimum Gasteiger partial charge on any atom is -0.469 e. The SMILES string of the molecule is COC(=O)CC(C#N)NC(C)(C)C. The Kier molecular flexibility index (Phi) is 4.43. The lowest BCUT2D eigenvalue weighted by atomic mass is 10.1. The first-order chi connectivity index (χ1) is 5.89. The number of methoxy groups -OCH3 is 1. The van der Waals surface area contributed by atoms with E-state index in [2.05, 4.69) is 10.1 Å². The van der Waals surface area contributed by atoms with E-state index in [0.29, 0.717) is 0 Å². The van der Waals surface area contributed by atoms with Gasteiger partial charge in [0, 0.05) is 5.54 Å². The molecule has 1 atom stereocenters. The third-order valence-electron chi connectivity index (χ3n) is 1.36. The number of ether oxygens (including phenoxy) is 1. The number of esters is 1. The fourth-order valence-electron chi connectivity index (χ4n) is 0.902. The first-order valence-electron chi connectivity index (χ1n) is 4.13. The van der Waals surface area contributed by atoms with Crippen LogP contribution in [0, 0.1) is 11.3 Å². The van der Waals surface area contributed by atoms with Crippen molar-refractivity contribution in [3.05, 3.63) is 0 Å². The van der Waals surface area contributed by atoms with Gasteiger partial charge in [-0.05, 0) is 20.8 Å². The van der Waals surface area contributed by atoms with Crippen LogP contribution < -0.4 is 5.32 Å². The van der Waals surface area contributed by atoms with E-state index in [9.17, 15) is 4.79 Å². The number of hydrogen-bond donors (Lipinski definition) is 1. The quantitative estimate of drug-likeness (QED) is 0.660. The number of nitriles is 1. The van der Waals surface area contributed by atoms with Crippen LogP contribution in [0.2, 0.25) is 0 Å². The monoisotopic (exact) mass is 184 g/mol. The van der Waals surface area contributed by atoms with Crippen LogP contribution in [0.5, 0.6) is 0 Å². The van der Waals surface area contributed by atoms with Crippen molar-refractivity contribution >= 4 is 5.97 Å². The largest absolute Gasteiger partial charge is 0.469 e. The highest BCUT2D eigenvalue weighted by Crippen LogP contribution is 2.03. The maximum absolute atomic E-state index is 10.9. The second-order valence-corrected chi connectivity index (χ2v) is 3.86. The molecule has 0 amide bonds. The van der Waals surface area contributed by atoms with Gasteiger partial charge >= 0.3 is 5.97 Å². The summed E-state index contributed by atoms with van der Waals surface area (Å²) in [6, 6.07) is 1.53. The minimum absolute atomic E-state index is 0.0876. The van der Waals surface area contributed by atoms with Crippen molar-refractivity contribution in [2.45, 2.75) is 38.8 Å². The van der Waals surface area contributed by atoms with E-state index in [1.807, 2.05) is 26.8 Å². The fraction of sp³-hybridized carbons (Fsp3) is 0.778. The minimum atomic E-state index is -0.479. The van der Waals surface area contributed by atoms with Gasteiger partial charge in [0.15, 0.2) is 0 Å². The lowest BCUT2D eigenvalue weighted by Gasteiger charge is -2.23. The molecule has 0 aromatic rings. The number of nitrogens with one attached hydrogen (secondary N) is 1. The average Bonchev–Trinajstić information content (AvgIpc) is 2.00. The molecule has 0 aliphatic heterocycles. The Labute approximate surface area is 78.9 Å². The Morgan fingerprint density at radius 2 is 2.15 bits per heavy atom. The molecule has 0 aromatic carbocycles. The summed E-state index contributed by atoms with van der Waals surface area (Å²) in [5, 5.41) is 11.7. The highest BCUT2D eigenvalue weighted by atomic mass is 16.5. The van der Waals surface area contributed by atoms with Crippen LogP contribution in [0.15, 0.2) is 0 Å². The maximum atomic E-state index is 10.9. The zero-order valence-electron chi connectivity index (χ0n) is 8.55. The summed E-state index contributed by atoms with van der Waals surface area (Å²) < 4.78 is 4.47. The number of hydrogen-bond acceptors (Lipinski definition) is 4. The van der Waals surface area contributed by atoms with Crippen LogP contribution in [0.3, 0.4) is 0 Å². The normalized spacial score (nSPS) is 13.2. The summed E-state index contributed by atoms with van der Waals surface area (Å²) in [6.45, 7) is 5.82. The van der Waals surface area contributed by atoms with Crippen molar-refractivity contribution in [2.75, 3.05) is 7.11 Å². The molecular formula is C9H16N2O2. The van der Waals surface area contributed by atoms with Gasteiger partial charge in [-0.3, -0.25) is 10.1 Å². The summed E-state index contributed by atoms with van der Waals surface area (Å²) in [7, 11) is 1.31. The van der Waals surface area contributed by atoms with Gasteiger partial charge in [0.25, 0.3) is 0 Å².